The van der Waals surface area contributed by atoms with Crippen LogP contribution in [0.1, 0.15) is 4.88 Å². The van der Waals surface area contributed by atoms with Crippen LogP contribution in [0.15, 0.2) is 34.9 Å². The van der Waals surface area contributed by atoms with Gasteiger partial charge in [0.05, 0.1) is 22.2 Å². The zero-order valence-electron chi connectivity index (χ0n) is 10.0. The van der Waals surface area contributed by atoms with Crippen LogP contribution in [0.5, 0.6) is 0 Å². The second-order valence-corrected chi connectivity index (χ2v) is 4.49. The molecule has 0 saturated heterocycles. The summed E-state index contributed by atoms with van der Waals surface area (Å²) in [7, 11) is 0. The number of hydrogen-bond donors (Lipinski definition) is 1. The molecule has 0 bridgehead atoms. The number of nitro groups is 1. The van der Waals surface area contributed by atoms with Crippen LogP contribution in [0.3, 0.4) is 0 Å². The molecule has 0 atom stereocenters. The minimum atomic E-state index is -0.734. The van der Waals surface area contributed by atoms with Crippen LogP contribution >= 0.6 is 11.3 Å². The number of rotatable bonds is 5. The summed E-state index contributed by atoms with van der Waals surface area (Å²) in [6.45, 7) is -0.297. The van der Waals surface area contributed by atoms with Gasteiger partial charge in [-0.05, 0) is 16.4 Å². The molecule has 10 heteroatoms. The average molecular weight is 295 g/mol. The molecule has 2 heterocycles. The predicted octanol–water partition coefficient (Wildman–Crippen LogP) is 0.716. The number of oxime groups is 1. The summed E-state index contributed by atoms with van der Waals surface area (Å²) in [4.78, 5) is 26.5. The average Bonchev–Trinajstić information content (AvgIpc) is 3.06. The maximum absolute atomic E-state index is 11.5. The number of hydrogen-bond acceptors (Lipinski definition) is 7. The smallest absolute Gasteiger partial charge is 0.380 e. The molecule has 0 spiro atoms. The van der Waals surface area contributed by atoms with Crippen LogP contribution < -0.4 is 5.73 Å². The van der Waals surface area contributed by atoms with Gasteiger partial charge in [-0.2, -0.15) is 4.68 Å². The van der Waals surface area contributed by atoms with Crippen molar-refractivity contribution in [2.75, 3.05) is 0 Å². The van der Waals surface area contributed by atoms with E-state index in [2.05, 4.69) is 15.1 Å². The first-order chi connectivity index (χ1) is 9.56. The third kappa shape index (κ3) is 3.38. The Balaban J connectivity index is 1.92. The Bertz CT molecular complexity index is 648. The minimum Gasteiger partial charge on any atom is -0.380 e. The fourth-order valence-electron chi connectivity index (χ4n) is 1.27. The number of thiophene rings is 1. The summed E-state index contributed by atoms with van der Waals surface area (Å²) in [5, 5.41) is 19.3. The fraction of sp³-hybridized carbons (Fsp3) is 0.100. The summed E-state index contributed by atoms with van der Waals surface area (Å²) >= 11 is 1.35. The highest BCUT2D eigenvalue weighted by atomic mass is 32.1. The number of carbonyl (C=O) groups is 1. The van der Waals surface area contributed by atoms with Gasteiger partial charge < -0.3 is 20.7 Å². The van der Waals surface area contributed by atoms with E-state index in [9.17, 15) is 14.9 Å². The normalized spacial score (nSPS) is 11.3. The van der Waals surface area contributed by atoms with Crippen molar-refractivity contribution in [3.8, 4) is 0 Å². The van der Waals surface area contributed by atoms with Crippen molar-refractivity contribution >= 4 is 29.0 Å². The van der Waals surface area contributed by atoms with E-state index in [-0.39, 0.29) is 18.2 Å². The quantitative estimate of drug-likeness (QED) is 0.285. The summed E-state index contributed by atoms with van der Waals surface area (Å²) < 4.78 is 1.08. The van der Waals surface area contributed by atoms with Crippen LogP contribution in [-0.4, -0.2) is 26.5 Å². The molecule has 9 nitrogen and oxygen atoms in total. The lowest BCUT2D eigenvalue weighted by Gasteiger charge is -1.97. The Morgan fingerprint density at radius 2 is 2.40 bits per heavy atom. The summed E-state index contributed by atoms with van der Waals surface area (Å²) in [5.41, 5.74) is 5.60. The molecule has 0 aliphatic rings. The molecule has 2 aromatic rings. The van der Waals surface area contributed by atoms with Crippen molar-refractivity contribution in [1.82, 2.24) is 9.78 Å². The van der Waals surface area contributed by atoms with E-state index >= 15 is 0 Å². The van der Waals surface area contributed by atoms with Gasteiger partial charge >= 0.3 is 11.8 Å². The van der Waals surface area contributed by atoms with Gasteiger partial charge in [0.15, 0.2) is 12.4 Å². The molecule has 0 saturated carbocycles. The Morgan fingerprint density at radius 1 is 1.60 bits per heavy atom. The second kappa shape index (κ2) is 5.93. The first kappa shape index (κ1) is 13.7. The van der Waals surface area contributed by atoms with Crippen molar-refractivity contribution < 1.29 is 14.6 Å². The number of aromatic nitrogens is 2. The van der Waals surface area contributed by atoms with Gasteiger partial charge in [0.2, 0.25) is 0 Å². The predicted molar refractivity (Wildman–Crippen MR) is 70.0 cm³/mol. The molecule has 0 aliphatic carbocycles. The molecule has 0 radical (unpaired) electrons. The lowest BCUT2D eigenvalue weighted by atomic mass is 10.4. The zero-order valence-corrected chi connectivity index (χ0v) is 10.8. The standard InChI is InChI=1S/C10H9N5O4S/c11-10(7-2-1-5-20-7)13-19-9(16)6-14-4-3-8(12-14)15(17)18/h1-5H,6H2,(H2,11,13). The number of nitrogens with zero attached hydrogens (tertiary/aromatic N) is 4. The van der Waals surface area contributed by atoms with Crippen molar-refractivity contribution in [1.29, 1.82) is 0 Å². The third-order valence-electron chi connectivity index (χ3n) is 2.12. The van der Waals surface area contributed by atoms with Crippen molar-refractivity contribution in [3.63, 3.8) is 0 Å². The summed E-state index contributed by atoms with van der Waals surface area (Å²) in [5.74, 6) is -0.998. The molecular formula is C10H9N5O4S. The summed E-state index contributed by atoms with van der Waals surface area (Å²) in [6, 6.07) is 4.69. The van der Waals surface area contributed by atoms with Crippen LogP contribution in [0.25, 0.3) is 0 Å². The van der Waals surface area contributed by atoms with Gasteiger partial charge in [-0.25, -0.2) is 4.79 Å². The molecule has 2 N–H and O–H groups in total. The molecule has 0 aromatic carbocycles. The molecule has 0 unspecified atom stereocenters. The molecule has 2 rings (SSSR count). The zero-order chi connectivity index (χ0) is 14.5. The van der Waals surface area contributed by atoms with Crippen LogP contribution in [-0.2, 0) is 16.2 Å². The molecule has 104 valence electrons. The van der Waals surface area contributed by atoms with Crippen molar-refractivity contribution in [2.24, 2.45) is 10.9 Å². The largest absolute Gasteiger partial charge is 0.389 e. The topological polar surface area (TPSA) is 126 Å². The van der Waals surface area contributed by atoms with Crippen LogP contribution in [0.4, 0.5) is 5.82 Å². The van der Waals surface area contributed by atoms with Gasteiger partial charge in [-0.3, -0.25) is 0 Å². The Kier molecular flexibility index (Phi) is 4.05. The Morgan fingerprint density at radius 3 is 3.00 bits per heavy atom. The van der Waals surface area contributed by atoms with Crippen molar-refractivity contribution in [3.05, 3.63) is 44.8 Å². The fourth-order valence-corrected chi connectivity index (χ4v) is 1.89. The number of amidine groups is 1. The second-order valence-electron chi connectivity index (χ2n) is 3.55. The monoisotopic (exact) mass is 295 g/mol. The SMILES string of the molecule is N/C(=N\OC(=O)Cn1ccc([N+](=O)[O-])n1)c1cccs1. The number of carbonyl (C=O) groups excluding carboxylic acids is 1. The highest BCUT2D eigenvalue weighted by Crippen LogP contribution is 2.08. The molecule has 0 amide bonds. The first-order valence-electron chi connectivity index (χ1n) is 5.31. The van der Waals surface area contributed by atoms with E-state index in [1.165, 1.54) is 23.6 Å². The Hall–Kier alpha value is -2.75. The third-order valence-corrected chi connectivity index (χ3v) is 3.02. The van der Waals surface area contributed by atoms with E-state index in [1.807, 2.05) is 5.38 Å². The lowest BCUT2D eigenvalue weighted by molar-refractivity contribution is -0.389. The minimum absolute atomic E-state index is 0.0831. The van der Waals surface area contributed by atoms with E-state index < -0.39 is 10.9 Å². The molecule has 20 heavy (non-hydrogen) atoms. The maximum atomic E-state index is 11.5. The van der Waals surface area contributed by atoms with Gasteiger partial charge in [0.25, 0.3) is 0 Å². The van der Waals surface area contributed by atoms with Gasteiger partial charge in [0, 0.05) is 0 Å². The van der Waals surface area contributed by atoms with Gasteiger partial charge in [0.1, 0.15) is 0 Å². The molecular weight excluding hydrogens is 286 g/mol. The van der Waals surface area contributed by atoms with E-state index in [1.54, 1.807) is 12.1 Å². The van der Waals surface area contributed by atoms with E-state index in [4.69, 9.17) is 5.73 Å². The maximum Gasteiger partial charge on any atom is 0.389 e. The van der Waals surface area contributed by atoms with Crippen LogP contribution in [0, 0.1) is 10.1 Å². The molecule has 0 aliphatic heterocycles. The van der Waals surface area contributed by atoms with Crippen molar-refractivity contribution in [2.45, 2.75) is 6.54 Å². The van der Waals surface area contributed by atoms with Gasteiger partial charge in [-0.15, -0.1) is 11.3 Å². The first-order valence-corrected chi connectivity index (χ1v) is 6.19. The summed E-state index contributed by atoms with van der Waals surface area (Å²) in [6.07, 6.45) is 1.30. The highest BCUT2D eigenvalue weighted by molar-refractivity contribution is 7.12. The van der Waals surface area contributed by atoms with E-state index in [0.717, 1.165) is 4.68 Å². The molecule has 2 aromatic heterocycles. The number of nitrogens with two attached hydrogens (primary N) is 1. The lowest BCUT2D eigenvalue weighted by Crippen LogP contribution is -2.16. The molecule has 0 fully saturated rings. The van der Waals surface area contributed by atoms with E-state index in [0.29, 0.717) is 4.88 Å². The van der Waals surface area contributed by atoms with Crippen LogP contribution in [0.2, 0.25) is 0 Å². The Labute approximate surface area is 116 Å². The van der Waals surface area contributed by atoms with Gasteiger partial charge in [-0.1, -0.05) is 11.2 Å². The highest BCUT2D eigenvalue weighted by Gasteiger charge is 2.14.